The second-order valence-electron chi connectivity index (χ2n) is 4.57. The topological polar surface area (TPSA) is 73.3 Å². The van der Waals surface area contributed by atoms with Crippen molar-refractivity contribution in [2.75, 3.05) is 25.3 Å². The van der Waals surface area contributed by atoms with Crippen LogP contribution in [0.2, 0.25) is 0 Å². The van der Waals surface area contributed by atoms with Crippen LogP contribution in [0.25, 0.3) is 0 Å². The van der Waals surface area contributed by atoms with Crippen LogP contribution in [0, 0.1) is 0 Å². The fraction of sp³-hybridized carbons (Fsp3) is 0.400. The number of unbranched alkanes of at least 4 members (excludes halogenated alkanes) is 1. The van der Waals surface area contributed by atoms with E-state index in [1.807, 2.05) is 0 Å². The minimum Gasteiger partial charge on any atom is -0.493 e. The zero-order chi connectivity index (χ0) is 16.7. The van der Waals surface area contributed by atoms with Gasteiger partial charge in [-0.1, -0.05) is 42.5 Å². The fourth-order valence-electron chi connectivity index (χ4n) is 1.85. The van der Waals surface area contributed by atoms with Crippen LogP contribution >= 0.6 is 23.1 Å². The molecule has 0 aliphatic carbocycles. The molecule has 1 amide bonds. The summed E-state index contributed by atoms with van der Waals surface area (Å²) in [6, 6.07) is 5.15. The number of nitrogens with one attached hydrogen (secondary N) is 1. The predicted molar refractivity (Wildman–Crippen MR) is 93.0 cm³/mol. The third kappa shape index (κ3) is 4.59. The summed E-state index contributed by atoms with van der Waals surface area (Å²) in [5, 5.41) is 11.3. The first-order valence-electron chi connectivity index (χ1n) is 7.18. The van der Waals surface area contributed by atoms with Gasteiger partial charge in [-0.15, -0.1) is 10.2 Å². The number of hydrogen-bond donors (Lipinski definition) is 1. The van der Waals surface area contributed by atoms with Crippen molar-refractivity contribution in [3.8, 4) is 11.5 Å². The first-order valence-corrected chi connectivity index (χ1v) is 8.98. The summed E-state index contributed by atoms with van der Waals surface area (Å²) in [6.07, 6.45) is 2.28. The van der Waals surface area contributed by atoms with E-state index in [2.05, 4.69) is 22.4 Å². The van der Waals surface area contributed by atoms with Crippen molar-refractivity contribution in [1.29, 1.82) is 0 Å². The molecule has 1 aromatic carbocycles. The van der Waals surface area contributed by atoms with E-state index in [-0.39, 0.29) is 5.91 Å². The highest BCUT2D eigenvalue weighted by Crippen LogP contribution is 2.32. The third-order valence-electron chi connectivity index (χ3n) is 3.00. The van der Waals surface area contributed by atoms with E-state index >= 15 is 0 Å². The van der Waals surface area contributed by atoms with E-state index in [9.17, 15) is 4.79 Å². The molecule has 0 atom stereocenters. The standard InChI is InChI=1S/C15H19N3O3S2/c1-4-5-9-22-15-18-17-14(23-15)16-13(19)10-7-6-8-11(20-2)12(10)21-3/h6-8H,4-5,9H2,1-3H3,(H,16,17,19). The Hall–Kier alpha value is -1.80. The van der Waals surface area contributed by atoms with Gasteiger partial charge >= 0.3 is 0 Å². The van der Waals surface area contributed by atoms with Gasteiger partial charge in [0.15, 0.2) is 15.8 Å². The van der Waals surface area contributed by atoms with Crippen molar-refractivity contribution in [3.05, 3.63) is 23.8 Å². The lowest BCUT2D eigenvalue weighted by Crippen LogP contribution is -2.13. The van der Waals surface area contributed by atoms with Crippen molar-refractivity contribution < 1.29 is 14.3 Å². The lowest BCUT2D eigenvalue weighted by molar-refractivity contribution is 0.102. The Balaban J connectivity index is 2.07. The predicted octanol–water partition coefficient (Wildman–Crippen LogP) is 3.70. The third-order valence-corrected chi connectivity index (χ3v) is 5.06. The second kappa shape index (κ2) is 8.73. The van der Waals surface area contributed by atoms with Crippen LogP contribution in [0.5, 0.6) is 11.5 Å². The van der Waals surface area contributed by atoms with Crippen molar-refractivity contribution in [3.63, 3.8) is 0 Å². The van der Waals surface area contributed by atoms with Crippen molar-refractivity contribution >= 4 is 34.1 Å². The maximum absolute atomic E-state index is 12.4. The molecule has 8 heteroatoms. The second-order valence-corrected chi connectivity index (χ2v) is 6.89. The van der Waals surface area contributed by atoms with E-state index in [0.29, 0.717) is 22.2 Å². The molecule has 0 unspecified atom stereocenters. The molecule has 0 aliphatic rings. The average molecular weight is 353 g/mol. The van der Waals surface area contributed by atoms with Crippen molar-refractivity contribution in [2.45, 2.75) is 24.1 Å². The Bertz CT molecular complexity index is 661. The summed E-state index contributed by atoms with van der Waals surface area (Å²) in [6.45, 7) is 2.15. The molecule has 1 aromatic heterocycles. The van der Waals surface area contributed by atoms with Crippen LogP contribution in [-0.4, -0.2) is 36.1 Å². The van der Waals surface area contributed by atoms with Gasteiger partial charge in [0.2, 0.25) is 5.13 Å². The molecule has 23 heavy (non-hydrogen) atoms. The molecule has 1 N–H and O–H groups in total. The number of hydrogen-bond acceptors (Lipinski definition) is 7. The van der Waals surface area contributed by atoms with Gasteiger partial charge in [0.25, 0.3) is 5.91 Å². The number of para-hydroxylation sites is 1. The minimum absolute atomic E-state index is 0.304. The van der Waals surface area contributed by atoms with E-state index in [0.717, 1.165) is 22.9 Å². The molecule has 0 saturated heterocycles. The molecule has 2 rings (SSSR count). The minimum atomic E-state index is -0.304. The number of nitrogens with zero attached hydrogens (tertiary/aromatic N) is 2. The maximum atomic E-state index is 12.4. The highest BCUT2D eigenvalue weighted by Gasteiger charge is 2.18. The van der Waals surface area contributed by atoms with Gasteiger partial charge in [0.05, 0.1) is 19.8 Å². The number of carbonyl (C=O) groups is 1. The Morgan fingerprint density at radius 1 is 1.30 bits per heavy atom. The number of benzene rings is 1. The molecule has 0 spiro atoms. The first kappa shape index (κ1) is 17.6. The average Bonchev–Trinajstić information content (AvgIpc) is 3.01. The number of methoxy groups -OCH3 is 2. The van der Waals surface area contributed by atoms with Gasteiger partial charge in [-0.2, -0.15) is 0 Å². The smallest absolute Gasteiger partial charge is 0.261 e. The van der Waals surface area contributed by atoms with E-state index in [4.69, 9.17) is 9.47 Å². The molecule has 124 valence electrons. The number of rotatable bonds is 8. The van der Waals surface area contributed by atoms with Crippen LogP contribution in [0.3, 0.4) is 0 Å². The number of aromatic nitrogens is 2. The number of thioether (sulfide) groups is 1. The Morgan fingerprint density at radius 2 is 2.13 bits per heavy atom. The lowest BCUT2D eigenvalue weighted by Gasteiger charge is -2.11. The van der Waals surface area contributed by atoms with Gasteiger partial charge in [-0.3, -0.25) is 10.1 Å². The zero-order valence-corrected chi connectivity index (χ0v) is 14.9. The van der Waals surface area contributed by atoms with Crippen LogP contribution in [0.15, 0.2) is 22.5 Å². The number of ether oxygens (including phenoxy) is 2. The van der Waals surface area contributed by atoms with Gasteiger partial charge in [0, 0.05) is 5.75 Å². The molecule has 0 radical (unpaired) electrons. The molecule has 2 aromatic rings. The summed E-state index contributed by atoms with van der Waals surface area (Å²) >= 11 is 3.02. The summed E-state index contributed by atoms with van der Waals surface area (Å²) in [7, 11) is 3.03. The SMILES string of the molecule is CCCCSc1nnc(NC(=O)c2cccc(OC)c2OC)s1. The Labute approximate surface area is 143 Å². The Kier molecular flexibility index (Phi) is 6.66. The summed E-state index contributed by atoms with van der Waals surface area (Å²) < 4.78 is 11.3. The molecule has 1 heterocycles. The van der Waals surface area contributed by atoms with Gasteiger partial charge < -0.3 is 9.47 Å². The van der Waals surface area contributed by atoms with Crippen LogP contribution in [-0.2, 0) is 0 Å². The summed E-state index contributed by atoms with van der Waals surface area (Å²) in [5.74, 6) is 1.60. The first-order chi connectivity index (χ1) is 11.2. The van der Waals surface area contributed by atoms with Gasteiger partial charge in [-0.25, -0.2) is 0 Å². The van der Waals surface area contributed by atoms with Crippen molar-refractivity contribution in [1.82, 2.24) is 10.2 Å². The normalized spacial score (nSPS) is 10.4. The van der Waals surface area contributed by atoms with Crippen molar-refractivity contribution in [2.24, 2.45) is 0 Å². The lowest BCUT2D eigenvalue weighted by atomic mass is 10.1. The maximum Gasteiger partial charge on any atom is 0.261 e. The fourth-order valence-corrected chi connectivity index (χ4v) is 3.75. The van der Waals surface area contributed by atoms with Crippen LogP contribution in [0.1, 0.15) is 30.1 Å². The molecular formula is C15H19N3O3S2. The number of anilines is 1. The molecule has 0 bridgehead atoms. The molecule has 0 saturated carbocycles. The Morgan fingerprint density at radius 3 is 2.83 bits per heavy atom. The monoisotopic (exact) mass is 353 g/mol. The van der Waals surface area contributed by atoms with Gasteiger partial charge in [0.1, 0.15) is 0 Å². The molecule has 6 nitrogen and oxygen atoms in total. The molecular weight excluding hydrogens is 334 g/mol. The highest BCUT2D eigenvalue weighted by molar-refractivity contribution is 8.01. The van der Waals surface area contributed by atoms with Gasteiger partial charge in [-0.05, 0) is 18.6 Å². The number of carbonyl (C=O) groups excluding carboxylic acids is 1. The summed E-state index contributed by atoms with van der Waals surface area (Å²) in [5.41, 5.74) is 0.391. The van der Waals surface area contributed by atoms with E-state index in [1.165, 1.54) is 25.6 Å². The van der Waals surface area contributed by atoms with Crippen LogP contribution in [0.4, 0.5) is 5.13 Å². The summed E-state index contributed by atoms with van der Waals surface area (Å²) in [4.78, 5) is 12.4. The number of amides is 1. The van der Waals surface area contributed by atoms with E-state index < -0.39 is 0 Å². The molecule has 0 fully saturated rings. The molecule has 0 aliphatic heterocycles. The largest absolute Gasteiger partial charge is 0.493 e. The van der Waals surface area contributed by atoms with E-state index in [1.54, 1.807) is 30.0 Å². The van der Waals surface area contributed by atoms with Crippen LogP contribution < -0.4 is 14.8 Å². The quantitative estimate of drug-likeness (QED) is 0.443. The highest BCUT2D eigenvalue weighted by atomic mass is 32.2. The zero-order valence-electron chi connectivity index (χ0n) is 13.3.